The highest BCUT2D eigenvalue weighted by Crippen LogP contribution is 2.24. The van der Waals surface area contributed by atoms with E-state index in [-0.39, 0.29) is 35.8 Å². The van der Waals surface area contributed by atoms with Crippen molar-refractivity contribution in [2.75, 3.05) is 6.54 Å². The van der Waals surface area contributed by atoms with Gasteiger partial charge in [0.2, 0.25) is 6.43 Å². The van der Waals surface area contributed by atoms with Crippen LogP contribution >= 0.6 is 0 Å². The normalized spacial score (nSPS) is 13.4. The monoisotopic (exact) mass is 438 g/mol. The van der Waals surface area contributed by atoms with Crippen LogP contribution in [0.4, 0.5) is 17.6 Å². The fourth-order valence-electron chi connectivity index (χ4n) is 3.15. The average Bonchev–Trinajstić information content (AvgIpc) is 3.01. The Hall–Kier alpha value is -3.14. The Morgan fingerprint density at radius 2 is 1.94 bits per heavy atom. The van der Waals surface area contributed by atoms with Gasteiger partial charge in [0.1, 0.15) is 23.9 Å². The van der Waals surface area contributed by atoms with E-state index in [9.17, 15) is 22.4 Å². The van der Waals surface area contributed by atoms with Crippen LogP contribution in [-0.4, -0.2) is 33.8 Å². The molecule has 2 heterocycles. The number of imidazole rings is 1. The van der Waals surface area contributed by atoms with E-state index in [1.54, 1.807) is 25.3 Å². The number of alkyl halides is 2. The summed E-state index contributed by atoms with van der Waals surface area (Å²) >= 11 is 0. The van der Waals surface area contributed by atoms with Crippen molar-refractivity contribution in [2.24, 2.45) is 5.73 Å². The molecule has 0 aliphatic heterocycles. The lowest BCUT2D eigenvalue weighted by molar-refractivity contribution is 0.0891. The molecular weight excluding hydrogens is 416 g/mol. The first-order chi connectivity index (χ1) is 14.6. The number of hydrogen-bond donors (Lipinski definition) is 2. The SMILES string of the molecule is Cc1nc2c(OCc3c(F)cccc3F)cccn2c1C(=O)NCC(C)(N)CC(F)F. The van der Waals surface area contributed by atoms with Crippen LogP contribution in [0, 0.1) is 18.6 Å². The summed E-state index contributed by atoms with van der Waals surface area (Å²) in [4.78, 5) is 17.0. The molecule has 1 amide bonds. The Labute approximate surface area is 176 Å². The van der Waals surface area contributed by atoms with Gasteiger partial charge in [-0.3, -0.25) is 9.20 Å². The maximum absolute atomic E-state index is 13.9. The maximum Gasteiger partial charge on any atom is 0.270 e. The molecule has 0 aliphatic rings. The zero-order valence-corrected chi connectivity index (χ0v) is 17.0. The molecule has 0 spiro atoms. The number of rotatable bonds is 8. The van der Waals surface area contributed by atoms with Gasteiger partial charge in [0, 0.05) is 24.7 Å². The molecule has 1 unspecified atom stereocenters. The van der Waals surface area contributed by atoms with Crippen LogP contribution in [-0.2, 0) is 6.61 Å². The lowest BCUT2D eigenvalue weighted by atomic mass is 9.99. The molecule has 0 fully saturated rings. The zero-order valence-electron chi connectivity index (χ0n) is 17.0. The Morgan fingerprint density at radius 3 is 2.58 bits per heavy atom. The fraction of sp³-hybridized carbons (Fsp3) is 0.333. The second-order valence-corrected chi connectivity index (χ2v) is 7.53. The molecule has 1 aromatic carbocycles. The second kappa shape index (κ2) is 8.93. The van der Waals surface area contributed by atoms with Gasteiger partial charge in [-0.15, -0.1) is 0 Å². The molecule has 2 aromatic heterocycles. The summed E-state index contributed by atoms with van der Waals surface area (Å²) in [5.41, 5.74) is 5.10. The van der Waals surface area contributed by atoms with Crippen molar-refractivity contribution < 1.29 is 27.1 Å². The van der Waals surface area contributed by atoms with Crippen molar-refractivity contribution in [3.8, 4) is 5.75 Å². The Balaban J connectivity index is 1.82. The highest BCUT2D eigenvalue weighted by Gasteiger charge is 2.26. The molecule has 3 rings (SSSR count). The molecular formula is C21H22F4N4O2. The number of nitrogens with zero attached hydrogens (tertiary/aromatic N) is 2. The Bertz CT molecular complexity index is 1080. The smallest absolute Gasteiger partial charge is 0.270 e. The lowest BCUT2D eigenvalue weighted by Gasteiger charge is -2.24. The first-order valence-electron chi connectivity index (χ1n) is 9.47. The van der Waals surface area contributed by atoms with Gasteiger partial charge in [0.15, 0.2) is 11.4 Å². The summed E-state index contributed by atoms with van der Waals surface area (Å²) in [5.74, 6) is -1.80. The van der Waals surface area contributed by atoms with Crippen LogP contribution in [0.5, 0.6) is 5.75 Å². The number of nitrogens with one attached hydrogen (secondary N) is 1. The number of fused-ring (bicyclic) bond motifs is 1. The van der Waals surface area contributed by atoms with Gasteiger partial charge in [-0.25, -0.2) is 22.5 Å². The third-order valence-corrected chi connectivity index (χ3v) is 4.71. The topological polar surface area (TPSA) is 81.7 Å². The molecule has 6 nitrogen and oxygen atoms in total. The predicted molar refractivity (Wildman–Crippen MR) is 106 cm³/mol. The molecule has 1 atom stereocenters. The minimum Gasteiger partial charge on any atom is -0.485 e. The first-order valence-corrected chi connectivity index (χ1v) is 9.47. The highest BCUT2D eigenvalue weighted by molar-refractivity contribution is 5.95. The molecule has 3 aromatic rings. The second-order valence-electron chi connectivity index (χ2n) is 7.53. The highest BCUT2D eigenvalue weighted by atomic mass is 19.3. The van der Waals surface area contributed by atoms with Gasteiger partial charge in [-0.2, -0.15) is 0 Å². The summed E-state index contributed by atoms with van der Waals surface area (Å²) in [6.07, 6.45) is -1.59. The molecule has 0 radical (unpaired) electrons. The van der Waals surface area contributed by atoms with E-state index in [4.69, 9.17) is 10.5 Å². The first kappa shape index (κ1) is 22.5. The summed E-state index contributed by atoms with van der Waals surface area (Å²) < 4.78 is 60.0. The van der Waals surface area contributed by atoms with Crippen LogP contribution in [0.25, 0.3) is 5.65 Å². The van der Waals surface area contributed by atoms with Crippen molar-refractivity contribution in [2.45, 2.75) is 38.8 Å². The molecule has 0 saturated carbocycles. The summed E-state index contributed by atoms with van der Waals surface area (Å²) in [7, 11) is 0. The molecule has 166 valence electrons. The van der Waals surface area contributed by atoms with E-state index in [1.165, 1.54) is 17.4 Å². The van der Waals surface area contributed by atoms with E-state index < -0.39 is 35.9 Å². The average molecular weight is 438 g/mol. The lowest BCUT2D eigenvalue weighted by Crippen LogP contribution is -2.49. The minimum atomic E-state index is -2.59. The largest absolute Gasteiger partial charge is 0.485 e. The molecule has 3 N–H and O–H groups in total. The fourth-order valence-corrected chi connectivity index (χ4v) is 3.15. The summed E-state index contributed by atoms with van der Waals surface area (Å²) in [6, 6.07) is 6.66. The number of ether oxygens (including phenoxy) is 1. The Kier molecular flexibility index (Phi) is 6.49. The number of halogens is 4. The van der Waals surface area contributed by atoms with Crippen LogP contribution in [0.15, 0.2) is 36.5 Å². The number of benzene rings is 1. The minimum absolute atomic E-state index is 0.161. The number of aryl methyl sites for hydroxylation is 1. The quantitative estimate of drug-likeness (QED) is 0.527. The number of amides is 1. The van der Waals surface area contributed by atoms with Crippen LogP contribution in [0.3, 0.4) is 0 Å². The van der Waals surface area contributed by atoms with Gasteiger partial charge in [0.05, 0.1) is 11.3 Å². The molecule has 0 bridgehead atoms. The van der Waals surface area contributed by atoms with E-state index in [0.29, 0.717) is 5.69 Å². The predicted octanol–water partition coefficient (Wildman–Crippen LogP) is 3.60. The molecule has 0 saturated heterocycles. The van der Waals surface area contributed by atoms with Crippen molar-refractivity contribution in [1.29, 1.82) is 0 Å². The van der Waals surface area contributed by atoms with Crippen molar-refractivity contribution in [1.82, 2.24) is 14.7 Å². The van der Waals surface area contributed by atoms with Crippen LogP contribution in [0.2, 0.25) is 0 Å². The van der Waals surface area contributed by atoms with Gasteiger partial charge < -0.3 is 15.8 Å². The molecule has 10 heteroatoms. The summed E-state index contributed by atoms with van der Waals surface area (Å²) in [6.45, 7) is 2.49. The van der Waals surface area contributed by atoms with E-state index in [0.717, 1.165) is 12.1 Å². The number of carbonyl (C=O) groups is 1. The molecule has 31 heavy (non-hydrogen) atoms. The number of carbonyl (C=O) groups excluding carboxylic acids is 1. The number of pyridine rings is 1. The third kappa shape index (κ3) is 5.13. The van der Waals surface area contributed by atoms with Crippen LogP contribution < -0.4 is 15.8 Å². The van der Waals surface area contributed by atoms with Gasteiger partial charge in [-0.1, -0.05) is 6.07 Å². The van der Waals surface area contributed by atoms with Gasteiger partial charge in [-0.05, 0) is 38.1 Å². The van der Waals surface area contributed by atoms with Crippen LogP contribution in [0.1, 0.15) is 35.1 Å². The van der Waals surface area contributed by atoms with Crippen molar-refractivity contribution in [3.63, 3.8) is 0 Å². The van der Waals surface area contributed by atoms with Crippen molar-refractivity contribution >= 4 is 11.6 Å². The van der Waals surface area contributed by atoms with Crippen molar-refractivity contribution in [3.05, 3.63) is 65.1 Å². The zero-order chi connectivity index (χ0) is 22.8. The summed E-state index contributed by atoms with van der Waals surface area (Å²) in [5, 5.41) is 2.56. The van der Waals surface area contributed by atoms with Gasteiger partial charge >= 0.3 is 0 Å². The number of aromatic nitrogens is 2. The Morgan fingerprint density at radius 1 is 1.26 bits per heavy atom. The van der Waals surface area contributed by atoms with E-state index in [2.05, 4.69) is 10.3 Å². The molecule has 0 aliphatic carbocycles. The number of nitrogens with two attached hydrogens (primary N) is 1. The van der Waals surface area contributed by atoms with E-state index in [1.807, 2.05) is 0 Å². The van der Waals surface area contributed by atoms with E-state index >= 15 is 0 Å². The standard InChI is InChI=1S/C21H22F4N4O2/c1-12-18(20(30)27-11-21(2,26)9-17(24)25)29-8-4-7-16(19(29)28-12)31-10-13-14(22)5-3-6-15(13)23/h3-8,17H,9-11,26H2,1-2H3,(H,27,30). The van der Waals surface area contributed by atoms with Gasteiger partial charge in [0.25, 0.3) is 5.91 Å². The number of hydrogen-bond acceptors (Lipinski definition) is 4. The maximum atomic E-state index is 13.9. The third-order valence-electron chi connectivity index (χ3n) is 4.71.